The van der Waals surface area contributed by atoms with Crippen molar-refractivity contribution in [2.45, 2.75) is 64.0 Å². The molecule has 0 spiro atoms. The second-order valence-corrected chi connectivity index (χ2v) is 6.60. The highest BCUT2D eigenvalue weighted by atomic mass is 16.1. The molecule has 0 aromatic carbocycles. The molecule has 1 saturated heterocycles. The zero-order chi connectivity index (χ0) is 15.4. The van der Waals surface area contributed by atoms with Crippen molar-refractivity contribution in [3.8, 4) is 0 Å². The number of hydrogen-bond acceptors (Lipinski definition) is 4. The van der Waals surface area contributed by atoms with Gasteiger partial charge >= 0.3 is 0 Å². The van der Waals surface area contributed by atoms with Crippen LogP contribution in [-0.4, -0.2) is 46.2 Å². The number of aryl methyl sites for hydroxylation is 1. The van der Waals surface area contributed by atoms with Crippen LogP contribution in [0.2, 0.25) is 0 Å². The van der Waals surface area contributed by atoms with Gasteiger partial charge in [-0.15, -0.1) is 5.10 Å². The van der Waals surface area contributed by atoms with Gasteiger partial charge in [-0.3, -0.25) is 9.69 Å². The van der Waals surface area contributed by atoms with Gasteiger partial charge < -0.3 is 5.32 Å². The van der Waals surface area contributed by atoms with Crippen molar-refractivity contribution in [3.63, 3.8) is 0 Å². The number of nitrogens with one attached hydrogen (secondary N) is 1. The van der Waals surface area contributed by atoms with Gasteiger partial charge in [-0.2, -0.15) is 5.10 Å². The highest BCUT2D eigenvalue weighted by Gasteiger charge is 2.31. The number of nitrogens with zero attached hydrogens (tertiary/aromatic N) is 3. The van der Waals surface area contributed by atoms with Crippen molar-refractivity contribution >= 4 is 5.91 Å². The maximum atomic E-state index is 12.2. The van der Waals surface area contributed by atoms with Crippen LogP contribution in [0.5, 0.6) is 0 Å². The Balaban J connectivity index is 1.53. The molecule has 5 nitrogen and oxygen atoms in total. The van der Waals surface area contributed by atoms with Crippen molar-refractivity contribution in [2.24, 2.45) is 0 Å². The van der Waals surface area contributed by atoms with Gasteiger partial charge in [-0.25, -0.2) is 0 Å². The molecule has 2 aliphatic rings. The van der Waals surface area contributed by atoms with Crippen LogP contribution in [0.4, 0.5) is 0 Å². The highest BCUT2D eigenvalue weighted by Crippen LogP contribution is 2.28. The van der Waals surface area contributed by atoms with Gasteiger partial charge in [0.2, 0.25) is 0 Å². The van der Waals surface area contributed by atoms with E-state index in [-0.39, 0.29) is 5.91 Å². The smallest absolute Gasteiger partial charge is 0.271 e. The molecule has 1 aliphatic heterocycles. The zero-order valence-corrected chi connectivity index (χ0v) is 13.4. The Hall–Kier alpha value is -1.49. The van der Waals surface area contributed by atoms with Crippen LogP contribution in [0.25, 0.3) is 0 Å². The van der Waals surface area contributed by atoms with Crippen molar-refractivity contribution in [2.75, 3.05) is 13.1 Å². The number of hydrogen-bond donors (Lipinski definition) is 1. The SMILES string of the molecule is Cc1ccc(C(=O)NC[C@H]2CCCN2C2CCCCC2)nn1. The first-order valence-electron chi connectivity index (χ1n) is 8.58. The summed E-state index contributed by atoms with van der Waals surface area (Å²) < 4.78 is 0. The number of carbonyl (C=O) groups excluding carboxylic acids is 1. The summed E-state index contributed by atoms with van der Waals surface area (Å²) in [5.41, 5.74) is 1.24. The van der Waals surface area contributed by atoms with E-state index in [1.807, 2.05) is 13.0 Å². The van der Waals surface area contributed by atoms with Crippen molar-refractivity contribution in [1.82, 2.24) is 20.4 Å². The number of amides is 1. The molecular formula is C17H26N4O. The Morgan fingerprint density at radius 3 is 2.73 bits per heavy atom. The van der Waals surface area contributed by atoms with E-state index in [9.17, 15) is 4.79 Å². The molecule has 0 unspecified atom stereocenters. The Morgan fingerprint density at radius 1 is 1.18 bits per heavy atom. The molecule has 1 aliphatic carbocycles. The first kappa shape index (κ1) is 15.4. The lowest BCUT2D eigenvalue weighted by Gasteiger charge is -2.35. The van der Waals surface area contributed by atoms with E-state index in [1.165, 1.54) is 51.5 Å². The van der Waals surface area contributed by atoms with Crippen LogP contribution < -0.4 is 5.32 Å². The van der Waals surface area contributed by atoms with Gasteiger partial charge in [0, 0.05) is 18.6 Å². The average molecular weight is 302 g/mol. The van der Waals surface area contributed by atoms with Gasteiger partial charge in [0.1, 0.15) is 0 Å². The highest BCUT2D eigenvalue weighted by molar-refractivity contribution is 5.92. The molecule has 2 heterocycles. The summed E-state index contributed by atoms with van der Waals surface area (Å²) in [6, 6.07) is 4.79. The van der Waals surface area contributed by atoms with E-state index in [1.54, 1.807) is 6.07 Å². The topological polar surface area (TPSA) is 58.1 Å². The lowest BCUT2D eigenvalue weighted by atomic mass is 9.94. The monoisotopic (exact) mass is 302 g/mol. The van der Waals surface area contributed by atoms with E-state index in [2.05, 4.69) is 20.4 Å². The Kier molecular flexibility index (Phi) is 5.03. The lowest BCUT2D eigenvalue weighted by Crippen LogP contribution is -2.46. The van der Waals surface area contributed by atoms with Crippen LogP contribution in [0.15, 0.2) is 12.1 Å². The predicted octanol–water partition coefficient (Wildman–Crippen LogP) is 2.31. The molecule has 0 bridgehead atoms. The summed E-state index contributed by atoms with van der Waals surface area (Å²) in [5.74, 6) is -0.108. The summed E-state index contributed by atoms with van der Waals surface area (Å²) >= 11 is 0. The Bertz CT molecular complexity index is 496. The fraction of sp³-hybridized carbons (Fsp3) is 0.706. The summed E-state index contributed by atoms with van der Waals surface area (Å²) in [6.45, 7) is 3.79. The molecule has 1 amide bonds. The number of likely N-dealkylation sites (tertiary alicyclic amines) is 1. The van der Waals surface area contributed by atoms with Crippen molar-refractivity contribution < 1.29 is 4.79 Å². The number of carbonyl (C=O) groups is 1. The Morgan fingerprint density at radius 2 is 2.00 bits per heavy atom. The third-order valence-corrected chi connectivity index (χ3v) is 5.00. The molecule has 2 fully saturated rings. The molecule has 120 valence electrons. The average Bonchev–Trinajstić information content (AvgIpc) is 3.02. The first-order chi connectivity index (χ1) is 10.7. The third kappa shape index (κ3) is 3.64. The maximum absolute atomic E-state index is 12.2. The fourth-order valence-corrected chi connectivity index (χ4v) is 3.79. The minimum absolute atomic E-state index is 0.108. The molecule has 22 heavy (non-hydrogen) atoms. The fourth-order valence-electron chi connectivity index (χ4n) is 3.79. The summed E-state index contributed by atoms with van der Waals surface area (Å²) in [4.78, 5) is 14.8. The third-order valence-electron chi connectivity index (χ3n) is 5.00. The minimum atomic E-state index is -0.108. The van der Waals surface area contributed by atoms with E-state index in [4.69, 9.17) is 0 Å². The normalized spacial score (nSPS) is 23.6. The van der Waals surface area contributed by atoms with Crippen LogP contribution in [0.1, 0.15) is 61.1 Å². The summed E-state index contributed by atoms with van der Waals surface area (Å²) in [7, 11) is 0. The van der Waals surface area contributed by atoms with Gasteiger partial charge in [-0.05, 0) is 51.3 Å². The van der Waals surface area contributed by atoms with Crippen LogP contribution in [0, 0.1) is 6.92 Å². The van der Waals surface area contributed by atoms with Crippen molar-refractivity contribution in [1.29, 1.82) is 0 Å². The van der Waals surface area contributed by atoms with E-state index >= 15 is 0 Å². The molecule has 1 N–H and O–H groups in total. The van der Waals surface area contributed by atoms with Gasteiger partial charge in [0.15, 0.2) is 5.69 Å². The molecule has 1 aromatic heterocycles. The maximum Gasteiger partial charge on any atom is 0.271 e. The molecule has 3 rings (SSSR count). The second-order valence-electron chi connectivity index (χ2n) is 6.60. The second kappa shape index (κ2) is 7.18. The minimum Gasteiger partial charge on any atom is -0.349 e. The van der Waals surface area contributed by atoms with Gasteiger partial charge in [-0.1, -0.05) is 19.3 Å². The van der Waals surface area contributed by atoms with E-state index in [0.29, 0.717) is 11.7 Å². The molecule has 0 radical (unpaired) electrons. The number of rotatable bonds is 4. The van der Waals surface area contributed by atoms with E-state index < -0.39 is 0 Å². The van der Waals surface area contributed by atoms with Crippen LogP contribution in [0.3, 0.4) is 0 Å². The van der Waals surface area contributed by atoms with Gasteiger partial charge in [0.25, 0.3) is 5.91 Å². The van der Waals surface area contributed by atoms with E-state index in [0.717, 1.165) is 18.3 Å². The molecule has 5 heteroatoms. The van der Waals surface area contributed by atoms with Gasteiger partial charge in [0.05, 0.1) is 5.69 Å². The van der Waals surface area contributed by atoms with Crippen LogP contribution in [-0.2, 0) is 0 Å². The zero-order valence-electron chi connectivity index (χ0n) is 13.4. The number of aromatic nitrogens is 2. The van der Waals surface area contributed by atoms with Crippen LogP contribution >= 0.6 is 0 Å². The largest absolute Gasteiger partial charge is 0.349 e. The molecule has 1 aromatic rings. The van der Waals surface area contributed by atoms with Crippen molar-refractivity contribution in [3.05, 3.63) is 23.5 Å². The standard InChI is InChI=1S/C17H26N4O/c1-13-9-10-16(20-19-13)17(22)18-12-15-8-5-11-21(15)14-6-3-2-4-7-14/h9-10,14-15H,2-8,11-12H2,1H3,(H,18,22)/t15-/m1/s1. The summed E-state index contributed by atoms with van der Waals surface area (Å²) in [6.07, 6.45) is 9.20. The predicted molar refractivity (Wildman–Crippen MR) is 85.7 cm³/mol. The summed E-state index contributed by atoms with van der Waals surface area (Å²) in [5, 5.41) is 11.0. The Labute approximate surface area is 132 Å². The lowest BCUT2D eigenvalue weighted by molar-refractivity contribution is 0.0914. The first-order valence-corrected chi connectivity index (χ1v) is 8.58. The molecule has 1 atom stereocenters. The quantitative estimate of drug-likeness (QED) is 0.927. The molecule has 1 saturated carbocycles. The molecular weight excluding hydrogens is 276 g/mol.